The quantitative estimate of drug-likeness (QED) is 0.838. The van der Waals surface area contributed by atoms with E-state index in [0.29, 0.717) is 17.9 Å². The van der Waals surface area contributed by atoms with E-state index >= 15 is 0 Å². The molecule has 0 atom stereocenters. The molecule has 0 spiro atoms. The number of hydrogen-bond donors (Lipinski definition) is 2. The second-order valence-corrected chi connectivity index (χ2v) is 4.38. The molecule has 5 heteroatoms. The first kappa shape index (κ1) is 13.3. The van der Waals surface area contributed by atoms with Gasteiger partial charge in [-0.2, -0.15) is 0 Å². The topological polar surface area (TPSA) is 68.1 Å². The number of aromatic nitrogens is 1. The minimum atomic E-state index is -0.279. The molecule has 0 saturated heterocycles. The third-order valence-electron chi connectivity index (χ3n) is 2.65. The molecule has 0 radical (unpaired) electrons. The summed E-state index contributed by atoms with van der Waals surface area (Å²) in [6.45, 7) is 2.55. The van der Waals surface area contributed by atoms with E-state index < -0.39 is 0 Å². The van der Waals surface area contributed by atoms with Crippen LogP contribution in [0.4, 0.5) is 0 Å². The second-order valence-electron chi connectivity index (χ2n) is 3.94. The molecule has 3 N–H and O–H groups in total. The molecular weight excluding hydrogens is 260 g/mol. The maximum absolute atomic E-state index is 11.8. The Kier molecular flexibility index (Phi) is 3.97. The first-order valence-electron chi connectivity index (χ1n) is 5.88. The van der Waals surface area contributed by atoms with Crippen LogP contribution in [-0.4, -0.2) is 16.6 Å². The summed E-state index contributed by atoms with van der Waals surface area (Å²) in [4.78, 5) is 14.6. The standard InChI is InChI=1S/C14H14N2O2S/c1-2-18-10-5-3-9(4-6-10)12-8-7-11(13(15)19)14(17)16-12/h3-8H,2H2,1H3,(H2,15,19)(H,16,17). The normalized spacial score (nSPS) is 10.2. The first-order chi connectivity index (χ1) is 9.11. The maximum Gasteiger partial charge on any atom is 0.258 e. The molecule has 0 unspecified atom stereocenters. The Morgan fingerprint density at radius 1 is 1.26 bits per heavy atom. The second kappa shape index (κ2) is 5.67. The van der Waals surface area contributed by atoms with Gasteiger partial charge in [-0.05, 0) is 48.9 Å². The highest BCUT2D eigenvalue weighted by Crippen LogP contribution is 2.20. The summed E-state index contributed by atoms with van der Waals surface area (Å²) in [7, 11) is 0. The predicted octanol–water partition coefficient (Wildman–Crippen LogP) is 2.07. The van der Waals surface area contributed by atoms with Crippen LogP contribution < -0.4 is 16.0 Å². The molecule has 0 fully saturated rings. The Bertz CT molecular complexity index is 647. The largest absolute Gasteiger partial charge is 0.494 e. The summed E-state index contributed by atoms with van der Waals surface area (Å²) < 4.78 is 5.37. The Labute approximate surface area is 116 Å². The number of thiocarbonyl (C=S) groups is 1. The summed E-state index contributed by atoms with van der Waals surface area (Å²) in [5.41, 5.74) is 7.11. The fourth-order valence-corrected chi connectivity index (χ4v) is 1.89. The van der Waals surface area contributed by atoms with Crippen molar-refractivity contribution in [2.75, 3.05) is 6.61 Å². The molecule has 0 bridgehead atoms. The highest BCUT2D eigenvalue weighted by Gasteiger charge is 2.05. The van der Waals surface area contributed by atoms with Crippen molar-refractivity contribution in [3.63, 3.8) is 0 Å². The monoisotopic (exact) mass is 274 g/mol. The van der Waals surface area contributed by atoms with Crippen molar-refractivity contribution < 1.29 is 4.74 Å². The third kappa shape index (κ3) is 3.00. The van der Waals surface area contributed by atoms with Gasteiger partial charge in [-0.25, -0.2) is 0 Å². The van der Waals surface area contributed by atoms with Gasteiger partial charge in [0.1, 0.15) is 10.7 Å². The molecule has 0 aliphatic carbocycles. The summed E-state index contributed by atoms with van der Waals surface area (Å²) in [5.74, 6) is 0.799. The van der Waals surface area contributed by atoms with Crippen molar-refractivity contribution in [2.24, 2.45) is 5.73 Å². The van der Waals surface area contributed by atoms with Crippen molar-refractivity contribution >= 4 is 17.2 Å². The van der Waals surface area contributed by atoms with Gasteiger partial charge in [-0.15, -0.1) is 0 Å². The minimum Gasteiger partial charge on any atom is -0.494 e. The number of benzene rings is 1. The number of H-pyrrole nitrogens is 1. The van der Waals surface area contributed by atoms with Crippen LogP contribution in [0.2, 0.25) is 0 Å². The van der Waals surface area contributed by atoms with E-state index in [9.17, 15) is 4.79 Å². The van der Waals surface area contributed by atoms with E-state index in [4.69, 9.17) is 22.7 Å². The molecular formula is C14H14N2O2S. The summed E-state index contributed by atoms with van der Waals surface area (Å²) in [6.07, 6.45) is 0. The Morgan fingerprint density at radius 3 is 2.47 bits per heavy atom. The zero-order valence-electron chi connectivity index (χ0n) is 10.5. The molecule has 19 heavy (non-hydrogen) atoms. The predicted molar refractivity (Wildman–Crippen MR) is 79.6 cm³/mol. The lowest BCUT2D eigenvalue weighted by atomic mass is 10.1. The van der Waals surface area contributed by atoms with E-state index in [0.717, 1.165) is 11.3 Å². The van der Waals surface area contributed by atoms with Crippen LogP contribution in [0.5, 0.6) is 5.75 Å². The highest BCUT2D eigenvalue weighted by molar-refractivity contribution is 7.80. The molecule has 4 nitrogen and oxygen atoms in total. The average Bonchev–Trinajstić information content (AvgIpc) is 2.39. The molecule has 2 rings (SSSR count). The van der Waals surface area contributed by atoms with Crippen LogP contribution in [0.25, 0.3) is 11.3 Å². The summed E-state index contributed by atoms with van der Waals surface area (Å²) in [6, 6.07) is 10.9. The van der Waals surface area contributed by atoms with Gasteiger partial charge < -0.3 is 15.5 Å². The molecule has 0 saturated carbocycles. The Morgan fingerprint density at radius 2 is 1.95 bits per heavy atom. The lowest BCUT2D eigenvalue weighted by molar-refractivity contribution is 0.340. The number of ether oxygens (including phenoxy) is 1. The lowest BCUT2D eigenvalue weighted by Gasteiger charge is -2.06. The van der Waals surface area contributed by atoms with Gasteiger partial charge in [0.2, 0.25) is 0 Å². The van der Waals surface area contributed by atoms with Crippen LogP contribution in [0.3, 0.4) is 0 Å². The van der Waals surface area contributed by atoms with E-state index in [1.807, 2.05) is 31.2 Å². The van der Waals surface area contributed by atoms with Gasteiger partial charge in [-0.1, -0.05) is 12.2 Å². The number of nitrogens with two attached hydrogens (primary N) is 1. The van der Waals surface area contributed by atoms with Crippen molar-refractivity contribution in [2.45, 2.75) is 6.92 Å². The van der Waals surface area contributed by atoms with Gasteiger partial charge in [0.25, 0.3) is 5.56 Å². The van der Waals surface area contributed by atoms with Crippen molar-refractivity contribution in [1.29, 1.82) is 0 Å². The lowest BCUT2D eigenvalue weighted by Crippen LogP contribution is -2.22. The number of rotatable bonds is 4. The zero-order chi connectivity index (χ0) is 13.8. The highest BCUT2D eigenvalue weighted by atomic mass is 32.1. The number of hydrogen-bond acceptors (Lipinski definition) is 3. The van der Waals surface area contributed by atoms with Crippen LogP contribution in [-0.2, 0) is 0 Å². The van der Waals surface area contributed by atoms with Gasteiger partial charge in [0.15, 0.2) is 0 Å². The summed E-state index contributed by atoms with van der Waals surface area (Å²) >= 11 is 4.80. The molecule has 0 aliphatic heterocycles. The molecule has 98 valence electrons. The fourth-order valence-electron chi connectivity index (χ4n) is 1.73. The van der Waals surface area contributed by atoms with Crippen LogP contribution >= 0.6 is 12.2 Å². The van der Waals surface area contributed by atoms with Gasteiger partial charge in [-0.3, -0.25) is 4.79 Å². The first-order valence-corrected chi connectivity index (χ1v) is 6.29. The molecule has 1 aromatic carbocycles. The minimum absolute atomic E-state index is 0.0968. The average molecular weight is 274 g/mol. The van der Waals surface area contributed by atoms with E-state index in [1.165, 1.54) is 0 Å². The summed E-state index contributed by atoms with van der Waals surface area (Å²) in [5, 5.41) is 0. The molecule has 0 aliphatic rings. The maximum atomic E-state index is 11.8. The van der Waals surface area contributed by atoms with E-state index in [2.05, 4.69) is 4.98 Å². The third-order valence-corrected chi connectivity index (χ3v) is 2.87. The zero-order valence-corrected chi connectivity index (χ0v) is 11.3. The van der Waals surface area contributed by atoms with Gasteiger partial charge >= 0.3 is 0 Å². The molecule has 0 amide bonds. The number of nitrogens with one attached hydrogen (secondary N) is 1. The van der Waals surface area contributed by atoms with Crippen molar-refractivity contribution in [3.05, 3.63) is 52.3 Å². The van der Waals surface area contributed by atoms with Crippen molar-refractivity contribution in [3.8, 4) is 17.0 Å². The fraction of sp³-hybridized carbons (Fsp3) is 0.143. The van der Waals surface area contributed by atoms with Gasteiger partial charge in [0, 0.05) is 5.69 Å². The Hall–Kier alpha value is -2.14. The smallest absolute Gasteiger partial charge is 0.258 e. The molecule has 1 aromatic heterocycles. The molecule has 1 heterocycles. The van der Waals surface area contributed by atoms with Crippen LogP contribution in [0.15, 0.2) is 41.2 Å². The van der Waals surface area contributed by atoms with E-state index in [-0.39, 0.29) is 10.5 Å². The van der Waals surface area contributed by atoms with Crippen LogP contribution in [0, 0.1) is 0 Å². The Balaban J connectivity index is 2.34. The molecule has 2 aromatic rings. The van der Waals surface area contributed by atoms with Gasteiger partial charge in [0.05, 0.1) is 12.2 Å². The van der Waals surface area contributed by atoms with Crippen molar-refractivity contribution in [1.82, 2.24) is 4.98 Å². The number of pyridine rings is 1. The number of aromatic amines is 1. The van der Waals surface area contributed by atoms with E-state index in [1.54, 1.807) is 12.1 Å². The SMILES string of the molecule is CCOc1ccc(-c2ccc(C(N)=S)c(=O)[nH]2)cc1. The van der Waals surface area contributed by atoms with Crippen LogP contribution in [0.1, 0.15) is 12.5 Å².